The molecule has 2 aromatic rings. The highest BCUT2D eigenvalue weighted by atomic mass is 79.9. The van der Waals surface area contributed by atoms with Crippen LogP contribution >= 0.6 is 27.3 Å². The highest BCUT2D eigenvalue weighted by Gasteiger charge is 2.17. The van der Waals surface area contributed by atoms with Gasteiger partial charge in [-0.1, -0.05) is 22.0 Å². The molecule has 0 radical (unpaired) electrons. The first-order valence-electron chi connectivity index (χ1n) is 5.53. The predicted octanol–water partition coefficient (Wildman–Crippen LogP) is 1.85. The first-order chi connectivity index (χ1) is 9.00. The highest BCUT2D eigenvalue weighted by molar-refractivity contribution is 9.10. The van der Waals surface area contributed by atoms with Crippen molar-refractivity contribution in [2.24, 2.45) is 5.73 Å². The molecule has 1 heterocycles. The lowest BCUT2D eigenvalue weighted by molar-refractivity contribution is -0.117. The summed E-state index contributed by atoms with van der Waals surface area (Å²) in [6.07, 6.45) is 0.111. The Balaban J connectivity index is 2.25. The van der Waals surface area contributed by atoms with Gasteiger partial charge in [-0.05, 0) is 12.1 Å². The summed E-state index contributed by atoms with van der Waals surface area (Å²) in [6, 6.07) is 5.67. The van der Waals surface area contributed by atoms with Crippen LogP contribution in [0.25, 0.3) is 10.1 Å². The fraction of sp³-hybridized carbons (Fsp3) is 0.167. The summed E-state index contributed by atoms with van der Waals surface area (Å²) in [5.74, 6) is -0.737. The maximum Gasteiger partial charge on any atom is 0.263 e. The van der Waals surface area contributed by atoms with E-state index in [0.717, 1.165) is 14.6 Å². The Labute approximate surface area is 122 Å². The number of nitrogens with two attached hydrogens (primary N) is 2. The minimum Gasteiger partial charge on any atom is -0.397 e. The van der Waals surface area contributed by atoms with Gasteiger partial charge in [0.15, 0.2) is 0 Å². The summed E-state index contributed by atoms with van der Waals surface area (Å²) in [5, 5.41) is 3.47. The summed E-state index contributed by atoms with van der Waals surface area (Å²) in [7, 11) is 0. The van der Waals surface area contributed by atoms with E-state index in [1.165, 1.54) is 11.3 Å². The summed E-state index contributed by atoms with van der Waals surface area (Å²) >= 11 is 4.74. The van der Waals surface area contributed by atoms with E-state index in [-0.39, 0.29) is 18.9 Å². The molecule has 0 saturated heterocycles. The molecule has 0 aliphatic heterocycles. The molecule has 2 rings (SSSR count). The quantitative estimate of drug-likeness (QED) is 0.791. The van der Waals surface area contributed by atoms with Crippen molar-refractivity contribution in [1.82, 2.24) is 5.32 Å². The fourth-order valence-corrected chi connectivity index (χ4v) is 3.45. The maximum atomic E-state index is 12.0. The number of thiophene rings is 1. The van der Waals surface area contributed by atoms with E-state index >= 15 is 0 Å². The van der Waals surface area contributed by atoms with Crippen molar-refractivity contribution in [2.45, 2.75) is 6.42 Å². The number of carbonyl (C=O) groups is 2. The van der Waals surface area contributed by atoms with Gasteiger partial charge in [-0.15, -0.1) is 11.3 Å². The molecule has 5 nitrogen and oxygen atoms in total. The molecule has 1 aromatic heterocycles. The number of nitrogen functional groups attached to an aromatic ring is 1. The van der Waals surface area contributed by atoms with E-state index in [4.69, 9.17) is 11.5 Å². The van der Waals surface area contributed by atoms with Crippen molar-refractivity contribution >= 4 is 54.9 Å². The molecule has 100 valence electrons. The van der Waals surface area contributed by atoms with Gasteiger partial charge < -0.3 is 16.8 Å². The van der Waals surface area contributed by atoms with E-state index in [0.29, 0.717) is 10.6 Å². The van der Waals surface area contributed by atoms with Crippen LogP contribution in [0.3, 0.4) is 0 Å². The molecular weight excluding hydrogens is 330 g/mol. The molecule has 0 fully saturated rings. The zero-order valence-electron chi connectivity index (χ0n) is 9.90. The first-order valence-corrected chi connectivity index (χ1v) is 7.14. The van der Waals surface area contributed by atoms with E-state index in [1.807, 2.05) is 18.2 Å². The third kappa shape index (κ3) is 2.87. The van der Waals surface area contributed by atoms with E-state index in [2.05, 4.69) is 21.2 Å². The maximum absolute atomic E-state index is 12.0. The number of hydrogen-bond acceptors (Lipinski definition) is 4. The molecule has 0 spiro atoms. The number of fused-ring (bicyclic) bond motifs is 1. The lowest BCUT2D eigenvalue weighted by Gasteiger charge is -2.02. The average molecular weight is 342 g/mol. The Morgan fingerprint density at radius 1 is 1.37 bits per heavy atom. The van der Waals surface area contributed by atoms with Crippen molar-refractivity contribution in [3.8, 4) is 0 Å². The number of rotatable bonds is 4. The third-order valence-electron chi connectivity index (χ3n) is 2.56. The van der Waals surface area contributed by atoms with Crippen molar-refractivity contribution in [2.75, 3.05) is 12.3 Å². The average Bonchev–Trinajstić information content (AvgIpc) is 2.67. The van der Waals surface area contributed by atoms with Crippen LogP contribution in [0.2, 0.25) is 0 Å². The largest absolute Gasteiger partial charge is 0.397 e. The minimum absolute atomic E-state index is 0.111. The predicted molar refractivity (Wildman–Crippen MR) is 80.1 cm³/mol. The summed E-state index contributed by atoms with van der Waals surface area (Å²) in [4.78, 5) is 23.0. The van der Waals surface area contributed by atoms with Gasteiger partial charge in [-0.3, -0.25) is 9.59 Å². The van der Waals surface area contributed by atoms with Gasteiger partial charge in [-0.25, -0.2) is 0 Å². The summed E-state index contributed by atoms with van der Waals surface area (Å²) < 4.78 is 1.79. The Morgan fingerprint density at radius 2 is 2.11 bits per heavy atom. The molecular formula is C12H12BrN3O2S. The molecule has 0 saturated carbocycles. The second-order valence-corrected chi connectivity index (χ2v) is 5.84. The van der Waals surface area contributed by atoms with Crippen LogP contribution in [-0.2, 0) is 4.79 Å². The summed E-state index contributed by atoms with van der Waals surface area (Å²) in [6.45, 7) is 0.211. The van der Waals surface area contributed by atoms with Gasteiger partial charge in [0.05, 0.1) is 5.69 Å². The Morgan fingerprint density at radius 3 is 2.74 bits per heavy atom. The number of halogens is 1. The van der Waals surface area contributed by atoms with Gasteiger partial charge in [0.25, 0.3) is 5.91 Å². The molecule has 0 bridgehead atoms. The molecule has 5 N–H and O–H groups in total. The number of anilines is 1. The van der Waals surface area contributed by atoms with E-state index < -0.39 is 5.91 Å². The minimum atomic E-state index is -0.452. The van der Waals surface area contributed by atoms with Crippen LogP contribution in [0.4, 0.5) is 5.69 Å². The molecule has 0 aliphatic rings. The zero-order valence-corrected chi connectivity index (χ0v) is 12.3. The van der Waals surface area contributed by atoms with Crippen molar-refractivity contribution < 1.29 is 9.59 Å². The number of nitrogens with one attached hydrogen (secondary N) is 1. The van der Waals surface area contributed by atoms with Crippen LogP contribution in [-0.4, -0.2) is 18.4 Å². The molecule has 0 unspecified atom stereocenters. The van der Waals surface area contributed by atoms with Crippen LogP contribution in [0.15, 0.2) is 22.7 Å². The number of primary amides is 1. The SMILES string of the molecule is NC(=O)CCNC(=O)c1sc2cccc(Br)c2c1N. The molecule has 19 heavy (non-hydrogen) atoms. The normalized spacial score (nSPS) is 10.6. The van der Waals surface area contributed by atoms with Gasteiger partial charge in [-0.2, -0.15) is 0 Å². The van der Waals surface area contributed by atoms with Crippen LogP contribution < -0.4 is 16.8 Å². The lowest BCUT2D eigenvalue weighted by atomic mass is 10.2. The first kappa shape index (κ1) is 13.8. The van der Waals surface area contributed by atoms with E-state index in [1.54, 1.807) is 0 Å². The molecule has 2 amide bonds. The van der Waals surface area contributed by atoms with Crippen LogP contribution in [0.5, 0.6) is 0 Å². The monoisotopic (exact) mass is 341 g/mol. The van der Waals surface area contributed by atoms with Crippen molar-refractivity contribution in [3.05, 3.63) is 27.5 Å². The molecule has 0 aliphatic carbocycles. The number of carbonyl (C=O) groups excluding carboxylic acids is 2. The molecule has 0 atom stereocenters. The fourth-order valence-electron chi connectivity index (χ4n) is 1.68. The van der Waals surface area contributed by atoms with E-state index in [9.17, 15) is 9.59 Å². The number of benzene rings is 1. The van der Waals surface area contributed by atoms with Crippen molar-refractivity contribution in [3.63, 3.8) is 0 Å². The second-order valence-electron chi connectivity index (χ2n) is 3.93. The smallest absolute Gasteiger partial charge is 0.263 e. The molecule has 1 aromatic carbocycles. The van der Waals surface area contributed by atoms with Crippen LogP contribution in [0, 0.1) is 0 Å². The number of amides is 2. The van der Waals surface area contributed by atoms with Crippen molar-refractivity contribution in [1.29, 1.82) is 0 Å². The second kappa shape index (κ2) is 5.58. The zero-order chi connectivity index (χ0) is 14.0. The Kier molecular flexibility index (Phi) is 4.06. The van der Waals surface area contributed by atoms with Gasteiger partial charge in [0.2, 0.25) is 5.91 Å². The van der Waals surface area contributed by atoms with Gasteiger partial charge in [0.1, 0.15) is 4.88 Å². The topological polar surface area (TPSA) is 98.2 Å². The lowest BCUT2D eigenvalue weighted by Crippen LogP contribution is -2.27. The summed E-state index contributed by atoms with van der Waals surface area (Å²) in [5.41, 5.74) is 11.5. The van der Waals surface area contributed by atoms with Gasteiger partial charge >= 0.3 is 0 Å². The third-order valence-corrected chi connectivity index (χ3v) is 4.39. The highest BCUT2D eigenvalue weighted by Crippen LogP contribution is 2.37. The number of hydrogen-bond donors (Lipinski definition) is 3. The Hall–Kier alpha value is -1.60. The van der Waals surface area contributed by atoms with Crippen LogP contribution in [0.1, 0.15) is 16.1 Å². The standard InChI is InChI=1S/C12H12BrN3O2S/c13-6-2-1-3-7-9(6)10(15)11(19-7)12(18)16-5-4-8(14)17/h1-3H,4-5,15H2,(H2,14,17)(H,16,18). The van der Waals surface area contributed by atoms with Gasteiger partial charge in [0, 0.05) is 27.5 Å². The molecule has 7 heteroatoms. The Bertz CT molecular complexity index is 654.